The van der Waals surface area contributed by atoms with Gasteiger partial charge in [-0.3, -0.25) is 0 Å². The van der Waals surface area contributed by atoms with Gasteiger partial charge in [0, 0.05) is 17.5 Å². The Hall–Kier alpha value is 0.1000. The third kappa shape index (κ3) is 3.80. The molecule has 0 aliphatic carbocycles. The van der Waals surface area contributed by atoms with E-state index < -0.39 is 0 Å². The second-order valence-corrected chi connectivity index (χ2v) is 7.41. The number of thiophene rings is 1. The summed E-state index contributed by atoms with van der Waals surface area (Å²) < 4.78 is 7.06. The highest BCUT2D eigenvalue weighted by Crippen LogP contribution is 2.33. The molecule has 1 aromatic heterocycles. The summed E-state index contributed by atoms with van der Waals surface area (Å²) in [6.45, 7) is 3.11. The first-order valence-corrected chi connectivity index (χ1v) is 8.36. The van der Waals surface area contributed by atoms with Crippen LogP contribution in [0.4, 0.5) is 0 Å². The molecule has 1 N–H and O–H groups in total. The molecule has 0 aromatic carbocycles. The van der Waals surface area contributed by atoms with Crippen molar-refractivity contribution in [3.8, 4) is 0 Å². The van der Waals surface area contributed by atoms with Gasteiger partial charge in [0.25, 0.3) is 0 Å². The van der Waals surface area contributed by atoms with Crippen molar-refractivity contribution >= 4 is 27.3 Å². The third-order valence-corrected chi connectivity index (χ3v) is 5.87. The number of rotatable bonds is 5. The summed E-state index contributed by atoms with van der Waals surface area (Å²) in [5.74, 6) is 0. The van der Waals surface area contributed by atoms with Crippen molar-refractivity contribution in [2.24, 2.45) is 0 Å². The van der Waals surface area contributed by atoms with Crippen LogP contribution in [0.3, 0.4) is 0 Å². The zero-order valence-corrected chi connectivity index (χ0v) is 13.6. The SMILES string of the molecule is CNC(CCC1CCCCO1)c1cc(C)c(Br)s1. The van der Waals surface area contributed by atoms with E-state index >= 15 is 0 Å². The molecule has 2 rings (SSSR count). The lowest BCUT2D eigenvalue weighted by molar-refractivity contribution is 0.00871. The van der Waals surface area contributed by atoms with Crippen molar-refractivity contribution in [3.63, 3.8) is 0 Å². The summed E-state index contributed by atoms with van der Waals surface area (Å²) in [6.07, 6.45) is 6.62. The normalized spacial score (nSPS) is 22.1. The Morgan fingerprint density at radius 2 is 2.39 bits per heavy atom. The number of hydrogen-bond donors (Lipinski definition) is 1. The monoisotopic (exact) mass is 331 g/mol. The van der Waals surface area contributed by atoms with Crippen molar-refractivity contribution in [3.05, 3.63) is 20.3 Å². The molecule has 102 valence electrons. The predicted octanol–water partition coefficient (Wildman–Crippen LogP) is 4.43. The van der Waals surface area contributed by atoms with Gasteiger partial charge in [0.1, 0.15) is 0 Å². The van der Waals surface area contributed by atoms with E-state index in [0.29, 0.717) is 12.1 Å². The zero-order valence-electron chi connectivity index (χ0n) is 11.2. The number of halogens is 1. The summed E-state index contributed by atoms with van der Waals surface area (Å²) in [6, 6.07) is 2.75. The first-order chi connectivity index (χ1) is 8.70. The molecule has 0 amide bonds. The van der Waals surface area contributed by atoms with E-state index in [1.54, 1.807) is 0 Å². The number of nitrogens with one attached hydrogen (secondary N) is 1. The molecule has 2 nitrogen and oxygen atoms in total. The summed E-state index contributed by atoms with van der Waals surface area (Å²) >= 11 is 5.45. The van der Waals surface area contributed by atoms with E-state index in [-0.39, 0.29) is 0 Å². The van der Waals surface area contributed by atoms with Gasteiger partial charge in [-0.1, -0.05) is 0 Å². The van der Waals surface area contributed by atoms with E-state index in [1.165, 1.54) is 39.9 Å². The Balaban J connectivity index is 1.88. The minimum Gasteiger partial charge on any atom is -0.378 e. The van der Waals surface area contributed by atoms with Crippen molar-refractivity contribution in [1.82, 2.24) is 5.32 Å². The average molecular weight is 332 g/mol. The molecule has 2 unspecified atom stereocenters. The highest BCUT2D eigenvalue weighted by molar-refractivity contribution is 9.11. The topological polar surface area (TPSA) is 21.3 Å². The van der Waals surface area contributed by atoms with Crippen LogP contribution in [0.2, 0.25) is 0 Å². The average Bonchev–Trinajstić information content (AvgIpc) is 2.71. The number of aryl methyl sites for hydroxylation is 1. The standard InChI is InChI=1S/C14H22BrNOS/c1-10-9-13(18-14(10)15)12(16-2)7-6-11-5-3-4-8-17-11/h9,11-12,16H,3-8H2,1-2H3. The Kier molecular flexibility index (Phi) is 5.67. The fourth-order valence-corrected chi connectivity index (χ4v) is 4.19. The quantitative estimate of drug-likeness (QED) is 0.861. The largest absolute Gasteiger partial charge is 0.378 e. The lowest BCUT2D eigenvalue weighted by Gasteiger charge is -2.24. The second-order valence-electron chi connectivity index (χ2n) is 5.01. The van der Waals surface area contributed by atoms with E-state index in [2.05, 4.69) is 41.3 Å². The minimum absolute atomic E-state index is 0.463. The van der Waals surface area contributed by atoms with Crippen LogP contribution in [0, 0.1) is 6.92 Å². The van der Waals surface area contributed by atoms with Crippen LogP contribution in [-0.4, -0.2) is 19.8 Å². The Labute approximate surface area is 122 Å². The van der Waals surface area contributed by atoms with Gasteiger partial charge in [-0.05, 0) is 73.6 Å². The fraction of sp³-hybridized carbons (Fsp3) is 0.714. The minimum atomic E-state index is 0.463. The van der Waals surface area contributed by atoms with Gasteiger partial charge in [-0.2, -0.15) is 0 Å². The first kappa shape index (κ1) is 14.5. The molecule has 4 heteroatoms. The fourth-order valence-electron chi connectivity index (χ4n) is 2.47. The third-order valence-electron chi connectivity index (χ3n) is 3.62. The van der Waals surface area contributed by atoms with Crippen LogP contribution in [0.1, 0.15) is 48.6 Å². The van der Waals surface area contributed by atoms with Crippen LogP contribution in [0.5, 0.6) is 0 Å². The number of hydrogen-bond acceptors (Lipinski definition) is 3. The van der Waals surface area contributed by atoms with Crippen molar-refractivity contribution < 1.29 is 4.74 Å². The van der Waals surface area contributed by atoms with Crippen LogP contribution in [0.25, 0.3) is 0 Å². The molecular formula is C14H22BrNOS. The first-order valence-electron chi connectivity index (χ1n) is 6.75. The summed E-state index contributed by atoms with van der Waals surface area (Å²) in [5.41, 5.74) is 1.34. The molecule has 1 fully saturated rings. The molecule has 0 spiro atoms. The van der Waals surface area contributed by atoms with Gasteiger partial charge in [-0.25, -0.2) is 0 Å². The van der Waals surface area contributed by atoms with Gasteiger partial charge in [0.15, 0.2) is 0 Å². The highest BCUT2D eigenvalue weighted by atomic mass is 79.9. The van der Waals surface area contributed by atoms with Gasteiger partial charge in [0.05, 0.1) is 9.89 Å². The predicted molar refractivity (Wildman–Crippen MR) is 81.4 cm³/mol. The van der Waals surface area contributed by atoms with E-state index in [1.807, 2.05) is 11.3 Å². The maximum absolute atomic E-state index is 5.80. The Bertz CT molecular complexity index is 354. The van der Waals surface area contributed by atoms with Crippen LogP contribution >= 0.6 is 27.3 Å². The lowest BCUT2D eigenvalue weighted by atomic mass is 10.0. The molecule has 2 atom stereocenters. The maximum Gasteiger partial charge on any atom is 0.0731 e. The van der Waals surface area contributed by atoms with E-state index in [4.69, 9.17) is 4.74 Å². The molecule has 2 heterocycles. The van der Waals surface area contributed by atoms with Gasteiger partial charge < -0.3 is 10.1 Å². The molecule has 1 aliphatic heterocycles. The van der Waals surface area contributed by atoms with Crippen LogP contribution in [-0.2, 0) is 4.74 Å². The van der Waals surface area contributed by atoms with E-state index in [9.17, 15) is 0 Å². The molecule has 1 aromatic rings. The van der Waals surface area contributed by atoms with Crippen LogP contribution < -0.4 is 5.32 Å². The summed E-state index contributed by atoms with van der Waals surface area (Å²) in [5, 5.41) is 3.43. The lowest BCUT2D eigenvalue weighted by Crippen LogP contribution is -2.22. The molecule has 1 saturated heterocycles. The van der Waals surface area contributed by atoms with Gasteiger partial charge >= 0.3 is 0 Å². The molecule has 0 radical (unpaired) electrons. The molecule has 1 aliphatic rings. The summed E-state index contributed by atoms with van der Waals surface area (Å²) in [4.78, 5) is 1.43. The highest BCUT2D eigenvalue weighted by Gasteiger charge is 2.18. The van der Waals surface area contributed by atoms with Crippen molar-refractivity contribution in [1.29, 1.82) is 0 Å². The smallest absolute Gasteiger partial charge is 0.0731 e. The molecule has 0 saturated carbocycles. The second kappa shape index (κ2) is 7.04. The van der Waals surface area contributed by atoms with Crippen molar-refractivity contribution in [2.45, 2.75) is 51.2 Å². The van der Waals surface area contributed by atoms with Crippen LogP contribution in [0.15, 0.2) is 9.85 Å². The summed E-state index contributed by atoms with van der Waals surface area (Å²) in [7, 11) is 2.05. The van der Waals surface area contributed by atoms with E-state index in [0.717, 1.165) is 13.0 Å². The zero-order chi connectivity index (χ0) is 13.0. The maximum atomic E-state index is 5.80. The number of ether oxygens (including phenoxy) is 1. The van der Waals surface area contributed by atoms with Gasteiger partial charge in [0.2, 0.25) is 0 Å². The van der Waals surface area contributed by atoms with Crippen molar-refractivity contribution in [2.75, 3.05) is 13.7 Å². The Morgan fingerprint density at radius 3 is 2.94 bits per heavy atom. The molecular weight excluding hydrogens is 310 g/mol. The van der Waals surface area contributed by atoms with Gasteiger partial charge in [-0.15, -0.1) is 11.3 Å². The molecule has 0 bridgehead atoms. The molecule has 18 heavy (non-hydrogen) atoms. The Morgan fingerprint density at radius 1 is 1.56 bits per heavy atom.